The first-order valence-electron chi connectivity index (χ1n) is 6.43. The number of rotatable bonds is 3. The van der Waals surface area contributed by atoms with Gasteiger partial charge in [0.15, 0.2) is 0 Å². The summed E-state index contributed by atoms with van der Waals surface area (Å²) < 4.78 is 16.9. The Hall–Kier alpha value is -1.66. The van der Waals surface area contributed by atoms with Crippen molar-refractivity contribution in [3.05, 3.63) is 68.5 Å². The molecule has 1 N–H and O–H groups in total. The molecule has 0 saturated carbocycles. The molecular weight excluding hydrogens is 417 g/mol. The number of carbonyl (C=O) groups is 1. The van der Waals surface area contributed by atoms with Gasteiger partial charge < -0.3 is 9.67 Å². The van der Waals surface area contributed by atoms with Crippen molar-refractivity contribution in [3.8, 4) is 0 Å². The Morgan fingerprint density at radius 1 is 1.18 bits per heavy atom. The molecule has 1 aromatic heterocycles. The van der Waals surface area contributed by atoms with Crippen LogP contribution >= 0.6 is 31.9 Å². The molecule has 0 spiro atoms. The summed E-state index contributed by atoms with van der Waals surface area (Å²) in [5.41, 5.74) is 1.27. The molecule has 2 aromatic carbocycles. The van der Waals surface area contributed by atoms with Crippen molar-refractivity contribution in [2.45, 2.75) is 6.54 Å². The number of carboxylic acids is 1. The van der Waals surface area contributed by atoms with Crippen molar-refractivity contribution in [3.63, 3.8) is 0 Å². The van der Waals surface area contributed by atoms with Crippen molar-refractivity contribution < 1.29 is 14.3 Å². The third-order valence-electron chi connectivity index (χ3n) is 3.45. The number of aromatic nitrogens is 1. The maximum absolute atomic E-state index is 14.0. The van der Waals surface area contributed by atoms with Gasteiger partial charge >= 0.3 is 5.97 Å². The Morgan fingerprint density at radius 2 is 1.91 bits per heavy atom. The standard InChI is InChI=1S/C16H10Br2FNO2/c17-10-5-6-12(19)9(7-10)8-20-13-4-2-1-3-11(13)14(18)15(20)16(21)22/h1-7H,8H2,(H,21,22). The molecule has 1 heterocycles. The summed E-state index contributed by atoms with van der Waals surface area (Å²) in [6.45, 7) is 0.138. The number of aromatic carboxylic acids is 1. The van der Waals surface area contributed by atoms with Crippen LogP contribution in [-0.2, 0) is 6.54 Å². The largest absolute Gasteiger partial charge is 0.477 e. The molecular formula is C16H10Br2FNO2. The number of hydrogen-bond acceptors (Lipinski definition) is 1. The van der Waals surface area contributed by atoms with Crippen LogP contribution in [0.3, 0.4) is 0 Å². The summed E-state index contributed by atoms with van der Waals surface area (Å²) in [5, 5.41) is 10.3. The molecule has 0 aliphatic heterocycles. The zero-order valence-electron chi connectivity index (χ0n) is 11.2. The highest BCUT2D eigenvalue weighted by molar-refractivity contribution is 9.11. The SMILES string of the molecule is O=C(O)c1c(Br)c2ccccc2n1Cc1cc(Br)ccc1F. The van der Waals surface area contributed by atoms with Crippen LogP contribution in [0.1, 0.15) is 16.1 Å². The summed E-state index contributed by atoms with van der Waals surface area (Å²) in [7, 11) is 0. The minimum Gasteiger partial charge on any atom is -0.477 e. The molecule has 0 aliphatic rings. The Morgan fingerprint density at radius 3 is 2.64 bits per heavy atom. The van der Waals surface area contributed by atoms with Gasteiger partial charge in [0, 0.05) is 15.4 Å². The molecule has 0 fully saturated rings. The third-order valence-corrected chi connectivity index (χ3v) is 4.74. The lowest BCUT2D eigenvalue weighted by Gasteiger charge is -2.10. The Labute approximate surface area is 142 Å². The number of benzene rings is 2. The van der Waals surface area contributed by atoms with Crippen LogP contribution < -0.4 is 0 Å². The summed E-state index contributed by atoms with van der Waals surface area (Å²) in [6.07, 6.45) is 0. The van der Waals surface area contributed by atoms with Gasteiger partial charge in [0.25, 0.3) is 0 Å². The van der Waals surface area contributed by atoms with Crippen LogP contribution in [0.4, 0.5) is 4.39 Å². The van der Waals surface area contributed by atoms with Gasteiger partial charge in [-0.3, -0.25) is 0 Å². The number of para-hydroxylation sites is 1. The fraction of sp³-hybridized carbons (Fsp3) is 0.0625. The van der Waals surface area contributed by atoms with Crippen molar-refractivity contribution in [1.29, 1.82) is 0 Å². The fourth-order valence-electron chi connectivity index (χ4n) is 2.47. The van der Waals surface area contributed by atoms with E-state index in [9.17, 15) is 14.3 Å². The second kappa shape index (κ2) is 5.85. The zero-order valence-corrected chi connectivity index (χ0v) is 14.4. The number of fused-ring (bicyclic) bond motifs is 1. The van der Waals surface area contributed by atoms with E-state index in [0.29, 0.717) is 10.0 Å². The van der Waals surface area contributed by atoms with E-state index >= 15 is 0 Å². The summed E-state index contributed by atoms with van der Waals surface area (Å²) in [4.78, 5) is 11.6. The van der Waals surface area contributed by atoms with Gasteiger partial charge in [-0.1, -0.05) is 34.1 Å². The molecule has 0 saturated heterocycles. The number of nitrogens with zero attached hydrogens (tertiary/aromatic N) is 1. The second-order valence-electron chi connectivity index (χ2n) is 4.81. The molecule has 0 atom stereocenters. The first kappa shape index (κ1) is 15.2. The summed E-state index contributed by atoms with van der Waals surface area (Å²) in [6, 6.07) is 11.9. The van der Waals surface area contributed by atoms with Crippen LogP contribution in [0.5, 0.6) is 0 Å². The van der Waals surface area contributed by atoms with Crippen LogP contribution in [-0.4, -0.2) is 15.6 Å². The fourth-order valence-corrected chi connectivity index (χ4v) is 3.60. The summed E-state index contributed by atoms with van der Waals surface area (Å²) >= 11 is 6.66. The smallest absolute Gasteiger partial charge is 0.353 e. The molecule has 3 rings (SSSR count). The van der Waals surface area contributed by atoms with E-state index in [1.165, 1.54) is 6.07 Å². The van der Waals surface area contributed by atoms with Gasteiger partial charge in [0.2, 0.25) is 0 Å². The first-order valence-corrected chi connectivity index (χ1v) is 8.01. The first-order chi connectivity index (χ1) is 10.5. The van der Waals surface area contributed by atoms with Gasteiger partial charge in [-0.15, -0.1) is 0 Å². The topological polar surface area (TPSA) is 42.2 Å². The van der Waals surface area contributed by atoms with E-state index < -0.39 is 5.97 Å². The Balaban J connectivity index is 2.23. The van der Waals surface area contributed by atoms with Crippen molar-refractivity contribution in [2.75, 3.05) is 0 Å². The lowest BCUT2D eigenvalue weighted by molar-refractivity contribution is 0.0685. The van der Waals surface area contributed by atoms with Crippen molar-refractivity contribution >= 4 is 48.7 Å². The highest BCUT2D eigenvalue weighted by atomic mass is 79.9. The highest BCUT2D eigenvalue weighted by Gasteiger charge is 2.21. The van der Waals surface area contributed by atoms with Crippen LogP contribution in [0.15, 0.2) is 51.4 Å². The van der Waals surface area contributed by atoms with Gasteiger partial charge in [0.1, 0.15) is 11.5 Å². The molecule has 0 bridgehead atoms. The molecule has 0 unspecified atom stereocenters. The van der Waals surface area contributed by atoms with Gasteiger partial charge in [-0.2, -0.15) is 0 Å². The predicted octanol–water partition coefficient (Wildman–Crippen LogP) is 5.05. The second-order valence-corrected chi connectivity index (χ2v) is 6.52. The quantitative estimate of drug-likeness (QED) is 0.636. The Kier molecular flexibility index (Phi) is 4.06. The third kappa shape index (κ3) is 2.57. The van der Waals surface area contributed by atoms with Crippen molar-refractivity contribution in [1.82, 2.24) is 4.57 Å². The Bertz CT molecular complexity index is 889. The molecule has 112 valence electrons. The maximum Gasteiger partial charge on any atom is 0.353 e. The van der Waals surface area contributed by atoms with E-state index in [1.807, 2.05) is 24.3 Å². The van der Waals surface area contributed by atoms with E-state index in [0.717, 1.165) is 15.4 Å². The van der Waals surface area contributed by atoms with Gasteiger partial charge in [-0.05, 0) is 40.2 Å². The van der Waals surface area contributed by atoms with Crippen LogP contribution in [0.2, 0.25) is 0 Å². The number of hydrogen-bond donors (Lipinski definition) is 1. The lowest BCUT2D eigenvalue weighted by Crippen LogP contribution is -2.11. The lowest BCUT2D eigenvalue weighted by atomic mass is 10.2. The molecule has 3 aromatic rings. The molecule has 0 radical (unpaired) electrons. The highest BCUT2D eigenvalue weighted by Crippen LogP contribution is 2.32. The molecule has 22 heavy (non-hydrogen) atoms. The van der Waals surface area contributed by atoms with E-state index in [1.54, 1.807) is 16.7 Å². The number of carboxylic acid groups (broad SMARTS) is 1. The zero-order chi connectivity index (χ0) is 15.9. The summed E-state index contributed by atoms with van der Waals surface area (Å²) in [5.74, 6) is -1.42. The molecule has 6 heteroatoms. The average molecular weight is 427 g/mol. The van der Waals surface area contributed by atoms with Crippen LogP contribution in [0.25, 0.3) is 10.9 Å². The number of halogens is 3. The predicted molar refractivity (Wildman–Crippen MR) is 89.8 cm³/mol. The van der Waals surface area contributed by atoms with Crippen molar-refractivity contribution in [2.24, 2.45) is 0 Å². The van der Waals surface area contributed by atoms with Gasteiger partial charge in [0.05, 0.1) is 16.5 Å². The van der Waals surface area contributed by atoms with E-state index in [-0.39, 0.29) is 18.1 Å². The average Bonchev–Trinajstić information content (AvgIpc) is 2.76. The minimum absolute atomic E-state index is 0.112. The normalized spacial score (nSPS) is 11.0. The molecule has 0 aliphatic carbocycles. The van der Waals surface area contributed by atoms with Gasteiger partial charge in [-0.25, -0.2) is 9.18 Å². The van der Waals surface area contributed by atoms with E-state index in [2.05, 4.69) is 31.9 Å². The minimum atomic E-state index is -1.06. The molecule has 3 nitrogen and oxygen atoms in total. The maximum atomic E-state index is 14.0. The monoisotopic (exact) mass is 425 g/mol. The van der Waals surface area contributed by atoms with E-state index in [4.69, 9.17) is 0 Å². The molecule has 0 amide bonds. The van der Waals surface area contributed by atoms with Crippen LogP contribution in [0, 0.1) is 5.82 Å².